The summed E-state index contributed by atoms with van der Waals surface area (Å²) in [7, 11) is 1.58. The Morgan fingerprint density at radius 3 is 2.80 bits per heavy atom. The summed E-state index contributed by atoms with van der Waals surface area (Å²) in [5, 5.41) is 8.44. The van der Waals surface area contributed by atoms with Crippen LogP contribution in [0.3, 0.4) is 0 Å². The lowest BCUT2D eigenvalue weighted by atomic mass is 10.3. The fraction of sp³-hybridized carbons (Fsp3) is 0.400. The minimum atomic E-state index is -0.910. The molecular formula is C10H13NO4. The molecule has 0 atom stereocenters. The van der Waals surface area contributed by atoms with Crippen LogP contribution in [0.1, 0.15) is 12.2 Å². The summed E-state index contributed by atoms with van der Waals surface area (Å²) in [4.78, 5) is 23.2. The second kappa shape index (κ2) is 5.19. The molecule has 0 bridgehead atoms. The molecule has 1 rings (SSSR count). The number of rotatable bonds is 5. The van der Waals surface area contributed by atoms with Crippen molar-refractivity contribution in [1.82, 2.24) is 4.90 Å². The molecule has 1 aromatic heterocycles. The molecule has 0 saturated carbocycles. The van der Waals surface area contributed by atoms with Crippen molar-refractivity contribution >= 4 is 11.9 Å². The minimum absolute atomic E-state index is 0.0413. The molecule has 1 heterocycles. The van der Waals surface area contributed by atoms with Gasteiger partial charge in [0.2, 0.25) is 5.91 Å². The zero-order valence-electron chi connectivity index (χ0n) is 8.47. The number of nitrogens with zero attached hydrogens (tertiary/aromatic N) is 1. The highest BCUT2D eigenvalue weighted by molar-refractivity contribution is 5.78. The number of carboxylic acid groups (broad SMARTS) is 1. The van der Waals surface area contributed by atoms with Crippen LogP contribution in [-0.2, 0) is 16.0 Å². The Hall–Kier alpha value is -1.78. The summed E-state index contributed by atoms with van der Waals surface area (Å²) < 4.78 is 5.02. The van der Waals surface area contributed by atoms with Crippen molar-refractivity contribution in [2.45, 2.75) is 12.8 Å². The maximum absolute atomic E-state index is 11.5. The smallest absolute Gasteiger partial charge is 0.305 e. The number of aliphatic carboxylic acids is 1. The Balaban J connectivity index is 2.36. The molecule has 82 valence electrons. The van der Waals surface area contributed by atoms with Crippen molar-refractivity contribution in [2.24, 2.45) is 0 Å². The molecule has 0 spiro atoms. The fourth-order valence-electron chi connectivity index (χ4n) is 1.09. The summed E-state index contributed by atoms with van der Waals surface area (Å²) in [5.41, 5.74) is 0. The molecule has 0 aromatic carbocycles. The topological polar surface area (TPSA) is 70.8 Å². The second-order valence-electron chi connectivity index (χ2n) is 3.22. The Kier molecular flexibility index (Phi) is 3.91. The molecule has 0 aliphatic rings. The molecule has 0 fully saturated rings. The Morgan fingerprint density at radius 1 is 1.53 bits per heavy atom. The number of furan rings is 1. The van der Waals surface area contributed by atoms with Crippen LogP contribution in [-0.4, -0.2) is 35.5 Å². The second-order valence-corrected chi connectivity index (χ2v) is 3.22. The van der Waals surface area contributed by atoms with Crippen molar-refractivity contribution in [3.63, 3.8) is 0 Å². The number of carboxylic acids is 1. The first-order valence-electron chi connectivity index (χ1n) is 4.57. The molecule has 1 aromatic rings. The molecule has 5 nitrogen and oxygen atoms in total. The van der Waals surface area contributed by atoms with Gasteiger partial charge in [0.25, 0.3) is 0 Å². The lowest BCUT2D eigenvalue weighted by Crippen LogP contribution is -2.30. The summed E-state index contributed by atoms with van der Waals surface area (Å²) >= 11 is 0. The molecule has 0 aliphatic heterocycles. The van der Waals surface area contributed by atoms with Gasteiger partial charge in [0.05, 0.1) is 19.1 Å². The number of carbonyl (C=O) groups excluding carboxylic acids is 1. The van der Waals surface area contributed by atoms with E-state index in [9.17, 15) is 9.59 Å². The van der Waals surface area contributed by atoms with Crippen LogP contribution in [0.2, 0.25) is 0 Å². The van der Waals surface area contributed by atoms with Crippen LogP contribution >= 0.6 is 0 Å². The molecule has 0 aliphatic carbocycles. The van der Waals surface area contributed by atoms with Crippen LogP contribution in [0.25, 0.3) is 0 Å². The quantitative estimate of drug-likeness (QED) is 0.780. The third kappa shape index (κ3) is 3.84. The largest absolute Gasteiger partial charge is 0.481 e. The third-order valence-electron chi connectivity index (χ3n) is 1.99. The predicted molar refractivity (Wildman–Crippen MR) is 52.3 cm³/mol. The molecule has 15 heavy (non-hydrogen) atoms. The number of hydrogen-bond acceptors (Lipinski definition) is 3. The Morgan fingerprint density at radius 2 is 2.27 bits per heavy atom. The lowest BCUT2D eigenvalue weighted by Gasteiger charge is -2.14. The van der Waals surface area contributed by atoms with Crippen molar-refractivity contribution in [3.05, 3.63) is 24.2 Å². The fourth-order valence-corrected chi connectivity index (χ4v) is 1.09. The van der Waals surface area contributed by atoms with Gasteiger partial charge in [-0.2, -0.15) is 0 Å². The number of hydrogen-bond donors (Lipinski definition) is 1. The maximum Gasteiger partial charge on any atom is 0.305 e. The number of carbonyl (C=O) groups is 2. The number of amides is 1. The third-order valence-corrected chi connectivity index (χ3v) is 1.99. The minimum Gasteiger partial charge on any atom is -0.481 e. The Bertz CT molecular complexity index is 331. The summed E-state index contributed by atoms with van der Waals surface area (Å²) in [6.45, 7) is 0.217. The van der Waals surface area contributed by atoms with Crippen LogP contribution in [0, 0.1) is 0 Å². The summed E-state index contributed by atoms with van der Waals surface area (Å²) in [5.74, 6) is -0.471. The van der Waals surface area contributed by atoms with Crippen molar-refractivity contribution < 1.29 is 19.1 Å². The normalized spacial score (nSPS) is 9.93. The van der Waals surface area contributed by atoms with Crippen molar-refractivity contribution in [1.29, 1.82) is 0 Å². The predicted octanol–water partition coefficient (Wildman–Crippen LogP) is 0.755. The van der Waals surface area contributed by atoms with E-state index in [1.807, 2.05) is 0 Å². The zero-order chi connectivity index (χ0) is 11.3. The number of likely N-dealkylation sites (N-methyl/N-ethyl adjacent to an activating group) is 1. The molecule has 5 heteroatoms. The monoisotopic (exact) mass is 211 g/mol. The van der Waals surface area contributed by atoms with Crippen LogP contribution in [0.5, 0.6) is 0 Å². The van der Waals surface area contributed by atoms with E-state index < -0.39 is 5.97 Å². The van der Waals surface area contributed by atoms with Gasteiger partial charge < -0.3 is 14.4 Å². The van der Waals surface area contributed by atoms with Gasteiger partial charge in [0.1, 0.15) is 5.76 Å². The van der Waals surface area contributed by atoms with Gasteiger partial charge in [0.15, 0.2) is 0 Å². The molecule has 0 radical (unpaired) electrons. The van der Waals surface area contributed by atoms with Gasteiger partial charge in [-0.05, 0) is 12.1 Å². The van der Waals surface area contributed by atoms with Crippen LogP contribution < -0.4 is 0 Å². The van der Waals surface area contributed by atoms with Crippen LogP contribution in [0.15, 0.2) is 22.8 Å². The molecule has 1 N–H and O–H groups in total. The SMILES string of the molecule is CN(CCC(=O)O)C(=O)Cc1ccco1. The first-order valence-corrected chi connectivity index (χ1v) is 4.57. The summed E-state index contributed by atoms with van der Waals surface area (Å²) in [6, 6.07) is 3.42. The van der Waals surface area contributed by atoms with E-state index in [1.165, 1.54) is 11.2 Å². The van der Waals surface area contributed by atoms with Gasteiger partial charge in [-0.3, -0.25) is 9.59 Å². The Labute approximate surface area is 87.3 Å². The molecule has 1 amide bonds. The standard InChI is InChI=1S/C10H13NO4/c1-11(5-4-10(13)14)9(12)7-8-3-2-6-15-8/h2-3,6H,4-5,7H2,1H3,(H,13,14). The summed E-state index contributed by atoms with van der Waals surface area (Å²) in [6.07, 6.45) is 1.63. The highest BCUT2D eigenvalue weighted by Crippen LogP contribution is 2.03. The van der Waals surface area contributed by atoms with E-state index in [0.29, 0.717) is 5.76 Å². The molecular weight excluding hydrogens is 198 g/mol. The average Bonchev–Trinajstić information content (AvgIpc) is 2.66. The van der Waals surface area contributed by atoms with Crippen molar-refractivity contribution in [3.8, 4) is 0 Å². The lowest BCUT2D eigenvalue weighted by molar-refractivity contribution is -0.138. The van der Waals surface area contributed by atoms with Crippen LogP contribution in [0.4, 0.5) is 0 Å². The van der Waals surface area contributed by atoms with Gasteiger partial charge >= 0.3 is 5.97 Å². The van der Waals surface area contributed by atoms with Crippen molar-refractivity contribution in [2.75, 3.05) is 13.6 Å². The van der Waals surface area contributed by atoms with Gasteiger partial charge in [0, 0.05) is 13.6 Å². The first kappa shape index (κ1) is 11.3. The highest BCUT2D eigenvalue weighted by atomic mass is 16.4. The van der Waals surface area contributed by atoms with E-state index in [0.717, 1.165) is 0 Å². The average molecular weight is 211 g/mol. The highest BCUT2D eigenvalue weighted by Gasteiger charge is 2.11. The van der Waals surface area contributed by atoms with E-state index in [2.05, 4.69) is 0 Å². The zero-order valence-corrected chi connectivity index (χ0v) is 8.47. The van der Waals surface area contributed by atoms with Gasteiger partial charge in [-0.25, -0.2) is 0 Å². The van der Waals surface area contributed by atoms with Gasteiger partial charge in [-0.1, -0.05) is 0 Å². The van der Waals surface area contributed by atoms with E-state index in [-0.39, 0.29) is 25.3 Å². The van der Waals surface area contributed by atoms with E-state index >= 15 is 0 Å². The van der Waals surface area contributed by atoms with Gasteiger partial charge in [-0.15, -0.1) is 0 Å². The molecule has 0 unspecified atom stereocenters. The first-order chi connectivity index (χ1) is 7.09. The maximum atomic E-state index is 11.5. The molecule has 0 saturated heterocycles. The van der Waals surface area contributed by atoms with E-state index in [4.69, 9.17) is 9.52 Å². The van der Waals surface area contributed by atoms with E-state index in [1.54, 1.807) is 19.2 Å².